The average molecular weight is 283 g/mol. The molecule has 5 heteroatoms. The highest BCUT2D eigenvalue weighted by atomic mass is 16.3. The number of likely N-dealkylation sites (tertiary alicyclic amines) is 1. The smallest absolute Gasteiger partial charge is 0.231 e. The van der Waals surface area contributed by atoms with E-state index in [1.54, 1.807) is 0 Å². The summed E-state index contributed by atoms with van der Waals surface area (Å²) in [5, 5.41) is 9.59. The minimum Gasteiger partial charge on any atom is -0.393 e. The van der Waals surface area contributed by atoms with Gasteiger partial charge in [-0.3, -0.25) is 9.69 Å². The Balaban J connectivity index is 1.84. The fraction of sp³-hybridized carbons (Fsp3) is 0.933. The molecular weight excluding hydrogens is 254 g/mol. The van der Waals surface area contributed by atoms with E-state index in [1.807, 2.05) is 0 Å². The van der Waals surface area contributed by atoms with Crippen LogP contribution < -0.4 is 5.73 Å². The Kier molecular flexibility index (Phi) is 5.81. The van der Waals surface area contributed by atoms with E-state index in [1.165, 1.54) is 12.8 Å². The number of piperidine rings is 1. The minimum atomic E-state index is -0.222. The second-order valence-electron chi connectivity index (χ2n) is 6.49. The van der Waals surface area contributed by atoms with Gasteiger partial charge in [0.05, 0.1) is 12.6 Å². The number of hydrogen-bond donors (Lipinski definition) is 2. The van der Waals surface area contributed by atoms with Gasteiger partial charge in [0.1, 0.15) is 0 Å². The van der Waals surface area contributed by atoms with E-state index in [4.69, 9.17) is 5.73 Å². The van der Waals surface area contributed by atoms with E-state index in [-0.39, 0.29) is 12.0 Å². The van der Waals surface area contributed by atoms with Gasteiger partial charge < -0.3 is 15.7 Å². The van der Waals surface area contributed by atoms with Crippen molar-refractivity contribution in [2.24, 2.45) is 5.73 Å². The lowest BCUT2D eigenvalue weighted by Crippen LogP contribution is -2.51. The third kappa shape index (κ3) is 4.43. The van der Waals surface area contributed by atoms with Gasteiger partial charge in [0, 0.05) is 18.6 Å². The second kappa shape index (κ2) is 7.38. The summed E-state index contributed by atoms with van der Waals surface area (Å²) >= 11 is 0. The molecule has 1 unspecified atom stereocenters. The fourth-order valence-electron chi connectivity index (χ4n) is 3.66. The molecule has 1 aliphatic heterocycles. The molecule has 0 bridgehead atoms. The van der Waals surface area contributed by atoms with E-state index < -0.39 is 0 Å². The van der Waals surface area contributed by atoms with E-state index in [2.05, 4.69) is 16.8 Å². The van der Waals surface area contributed by atoms with Crippen molar-refractivity contribution in [2.45, 2.75) is 63.1 Å². The van der Waals surface area contributed by atoms with Crippen molar-refractivity contribution in [1.29, 1.82) is 0 Å². The quantitative estimate of drug-likeness (QED) is 0.773. The average Bonchev–Trinajstić information content (AvgIpc) is 2.41. The maximum absolute atomic E-state index is 11.2. The van der Waals surface area contributed by atoms with Crippen LogP contribution in [0.4, 0.5) is 0 Å². The molecular formula is C15H29N3O2. The molecule has 1 aliphatic carbocycles. The number of amides is 1. The van der Waals surface area contributed by atoms with Gasteiger partial charge in [-0.1, -0.05) is 6.42 Å². The summed E-state index contributed by atoms with van der Waals surface area (Å²) in [6, 6.07) is 1.03. The summed E-state index contributed by atoms with van der Waals surface area (Å²) in [7, 11) is 2.18. The molecule has 5 nitrogen and oxygen atoms in total. The van der Waals surface area contributed by atoms with Gasteiger partial charge in [-0.05, 0) is 52.1 Å². The number of aliphatic hydroxyl groups is 1. The number of hydrogen-bond acceptors (Lipinski definition) is 4. The maximum atomic E-state index is 11.2. The molecule has 0 aromatic carbocycles. The largest absolute Gasteiger partial charge is 0.393 e. The molecule has 116 valence electrons. The minimum absolute atomic E-state index is 0.0966. The van der Waals surface area contributed by atoms with Gasteiger partial charge in [-0.25, -0.2) is 0 Å². The van der Waals surface area contributed by atoms with Gasteiger partial charge in [-0.15, -0.1) is 0 Å². The number of primary amides is 1. The predicted octanol–water partition coefficient (Wildman–Crippen LogP) is 0.562. The van der Waals surface area contributed by atoms with Crippen LogP contribution in [0, 0.1) is 0 Å². The standard InChI is InChI=1S/C15H29N3O2/c1-17(12-5-7-14(19)8-6-12)10-13-4-2-3-9-18(13)11-15(16)20/h12-14,19H,2-11H2,1H3,(H2,16,20). The van der Waals surface area contributed by atoms with E-state index in [9.17, 15) is 9.90 Å². The molecule has 20 heavy (non-hydrogen) atoms. The Labute approximate surface area is 122 Å². The van der Waals surface area contributed by atoms with Crippen molar-refractivity contribution in [3.8, 4) is 0 Å². The Morgan fingerprint density at radius 1 is 1.25 bits per heavy atom. The fourth-order valence-corrected chi connectivity index (χ4v) is 3.66. The van der Waals surface area contributed by atoms with Crippen LogP contribution in [-0.2, 0) is 4.79 Å². The van der Waals surface area contributed by atoms with Crippen molar-refractivity contribution in [2.75, 3.05) is 26.7 Å². The van der Waals surface area contributed by atoms with Crippen LogP contribution in [0.15, 0.2) is 0 Å². The van der Waals surface area contributed by atoms with Crippen LogP contribution in [-0.4, -0.2) is 65.7 Å². The number of likely N-dealkylation sites (N-methyl/N-ethyl adjacent to an activating group) is 1. The van der Waals surface area contributed by atoms with Gasteiger partial charge in [0.2, 0.25) is 5.91 Å². The van der Waals surface area contributed by atoms with Crippen LogP contribution in [0.25, 0.3) is 0 Å². The lowest BCUT2D eigenvalue weighted by Gasteiger charge is -2.40. The Morgan fingerprint density at radius 2 is 1.95 bits per heavy atom. The maximum Gasteiger partial charge on any atom is 0.231 e. The van der Waals surface area contributed by atoms with Gasteiger partial charge in [-0.2, -0.15) is 0 Å². The lowest BCUT2D eigenvalue weighted by atomic mass is 9.91. The van der Waals surface area contributed by atoms with E-state index in [0.717, 1.165) is 45.2 Å². The van der Waals surface area contributed by atoms with Crippen LogP contribution in [0.3, 0.4) is 0 Å². The number of nitrogens with zero attached hydrogens (tertiary/aromatic N) is 2. The molecule has 0 spiro atoms. The van der Waals surface area contributed by atoms with Gasteiger partial charge in [0.25, 0.3) is 0 Å². The molecule has 0 aromatic heterocycles. The number of carbonyl (C=O) groups is 1. The highest BCUT2D eigenvalue weighted by Crippen LogP contribution is 2.24. The summed E-state index contributed by atoms with van der Waals surface area (Å²) in [6.07, 6.45) is 7.49. The summed E-state index contributed by atoms with van der Waals surface area (Å²) in [4.78, 5) is 15.9. The van der Waals surface area contributed by atoms with Gasteiger partial charge >= 0.3 is 0 Å². The van der Waals surface area contributed by atoms with Crippen LogP contribution in [0.5, 0.6) is 0 Å². The zero-order valence-electron chi connectivity index (χ0n) is 12.6. The monoisotopic (exact) mass is 283 g/mol. The first-order valence-corrected chi connectivity index (χ1v) is 7.97. The third-order valence-electron chi connectivity index (χ3n) is 4.90. The molecule has 0 radical (unpaired) electrons. The van der Waals surface area contributed by atoms with Crippen molar-refractivity contribution >= 4 is 5.91 Å². The highest BCUT2D eigenvalue weighted by molar-refractivity contribution is 5.75. The van der Waals surface area contributed by atoms with Crippen molar-refractivity contribution in [3.63, 3.8) is 0 Å². The van der Waals surface area contributed by atoms with Crippen LogP contribution in [0.1, 0.15) is 44.9 Å². The molecule has 2 aliphatic rings. The second-order valence-corrected chi connectivity index (χ2v) is 6.49. The number of rotatable bonds is 5. The van der Waals surface area contributed by atoms with E-state index >= 15 is 0 Å². The highest BCUT2D eigenvalue weighted by Gasteiger charge is 2.28. The normalized spacial score (nSPS) is 32.5. The number of aliphatic hydroxyl groups excluding tert-OH is 1. The molecule has 0 aromatic rings. The van der Waals surface area contributed by atoms with Crippen molar-refractivity contribution < 1.29 is 9.90 Å². The predicted molar refractivity (Wildman–Crippen MR) is 79.3 cm³/mol. The molecule has 1 saturated heterocycles. The summed E-state index contributed by atoms with van der Waals surface area (Å²) in [5.74, 6) is -0.222. The number of nitrogens with two attached hydrogens (primary N) is 1. The summed E-state index contributed by atoms with van der Waals surface area (Å²) in [5.41, 5.74) is 5.35. The van der Waals surface area contributed by atoms with Crippen LogP contribution >= 0.6 is 0 Å². The Hall–Kier alpha value is -0.650. The summed E-state index contributed by atoms with van der Waals surface area (Å²) < 4.78 is 0. The SMILES string of the molecule is CN(CC1CCCCN1CC(N)=O)C1CCC(O)CC1. The summed E-state index contributed by atoms with van der Waals surface area (Å²) in [6.45, 7) is 2.39. The Morgan fingerprint density at radius 3 is 2.60 bits per heavy atom. The topological polar surface area (TPSA) is 69.8 Å². The Bertz CT molecular complexity index is 316. The van der Waals surface area contributed by atoms with Gasteiger partial charge in [0.15, 0.2) is 0 Å². The molecule has 1 saturated carbocycles. The molecule has 1 atom stereocenters. The zero-order valence-corrected chi connectivity index (χ0v) is 12.6. The molecule has 3 N–H and O–H groups in total. The molecule has 1 amide bonds. The van der Waals surface area contributed by atoms with Crippen molar-refractivity contribution in [1.82, 2.24) is 9.80 Å². The zero-order chi connectivity index (χ0) is 14.5. The lowest BCUT2D eigenvalue weighted by molar-refractivity contribution is -0.120. The van der Waals surface area contributed by atoms with E-state index in [0.29, 0.717) is 18.6 Å². The molecule has 2 fully saturated rings. The first kappa shape index (κ1) is 15.7. The first-order chi connectivity index (χ1) is 9.56. The molecule has 1 heterocycles. The third-order valence-corrected chi connectivity index (χ3v) is 4.90. The first-order valence-electron chi connectivity index (χ1n) is 7.97. The number of carbonyl (C=O) groups excluding carboxylic acids is 1. The van der Waals surface area contributed by atoms with Crippen LogP contribution in [0.2, 0.25) is 0 Å². The van der Waals surface area contributed by atoms with Crippen molar-refractivity contribution in [3.05, 3.63) is 0 Å². The molecule has 2 rings (SSSR count).